The van der Waals surface area contributed by atoms with Gasteiger partial charge in [-0.3, -0.25) is 4.79 Å². The van der Waals surface area contributed by atoms with Gasteiger partial charge in [0, 0.05) is 12.3 Å². The molecule has 210 valence electrons. The minimum Gasteiger partial charge on any atom is -0.478 e. The second kappa shape index (κ2) is 9.82. The molecule has 5 nitrogen and oxygen atoms in total. The third kappa shape index (κ3) is 4.28. The van der Waals surface area contributed by atoms with Gasteiger partial charge in [-0.25, -0.2) is 9.63 Å². The number of carboxylic acid groups (broad SMARTS) is 1. The average Bonchev–Trinajstić information content (AvgIpc) is 3.51. The van der Waals surface area contributed by atoms with Gasteiger partial charge in [-0.1, -0.05) is 60.8 Å². The maximum atomic E-state index is 12.3. The van der Waals surface area contributed by atoms with Gasteiger partial charge in [0.05, 0.1) is 0 Å². The van der Waals surface area contributed by atoms with E-state index >= 15 is 0 Å². The zero-order chi connectivity index (χ0) is 26.8. The lowest BCUT2D eigenvalue weighted by Crippen LogP contribution is -2.55. The van der Waals surface area contributed by atoms with E-state index in [2.05, 4.69) is 34.6 Å². The van der Waals surface area contributed by atoms with Gasteiger partial charge in [0.15, 0.2) is 0 Å². The van der Waals surface area contributed by atoms with Gasteiger partial charge in [0.25, 0.3) is 5.72 Å². The van der Waals surface area contributed by atoms with Gasteiger partial charge >= 0.3 is 5.97 Å². The Morgan fingerprint density at radius 1 is 0.919 bits per heavy atom. The maximum Gasteiger partial charge on any atom is 0.362 e. The summed E-state index contributed by atoms with van der Waals surface area (Å²) in [5.74, 6) is 4.28. The van der Waals surface area contributed by atoms with Crippen LogP contribution in [0.15, 0.2) is 0 Å². The lowest BCUT2D eigenvalue weighted by molar-refractivity contribution is -0.153. The Hall–Kier alpha value is -1.10. The summed E-state index contributed by atoms with van der Waals surface area (Å²) < 4.78 is 0. The van der Waals surface area contributed by atoms with Gasteiger partial charge in [-0.05, 0) is 110 Å². The first-order valence-electron chi connectivity index (χ1n) is 15.7. The summed E-state index contributed by atoms with van der Waals surface area (Å²) in [5, 5.41) is 11.3. The van der Waals surface area contributed by atoms with Crippen molar-refractivity contribution in [3.05, 3.63) is 0 Å². The van der Waals surface area contributed by atoms with Crippen LogP contribution >= 0.6 is 0 Å². The highest BCUT2D eigenvalue weighted by Gasteiger charge is 2.71. The molecule has 10 atom stereocenters. The zero-order valence-corrected chi connectivity index (χ0v) is 24.4. The molecule has 4 aliphatic carbocycles. The largest absolute Gasteiger partial charge is 0.478 e. The van der Waals surface area contributed by atoms with Crippen molar-refractivity contribution in [1.82, 2.24) is 5.06 Å². The van der Waals surface area contributed by atoms with Crippen molar-refractivity contribution in [3.8, 4) is 0 Å². The predicted octanol–water partition coefficient (Wildman–Crippen LogP) is 7.69. The summed E-state index contributed by atoms with van der Waals surface area (Å²) in [6.07, 6.45) is 15.3. The zero-order valence-electron chi connectivity index (χ0n) is 24.4. The van der Waals surface area contributed by atoms with Crippen molar-refractivity contribution in [2.75, 3.05) is 0 Å². The molecule has 0 aromatic carbocycles. The number of rotatable bonds is 8. The number of amides is 1. The lowest BCUT2D eigenvalue weighted by atomic mass is 9.43. The van der Waals surface area contributed by atoms with Gasteiger partial charge < -0.3 is 5.11 Å². The fourth-order valence-corrected chi connectivity index (χ4v) is 10.7. The molecule has 0 bridgehead atoms. The second-order valence-electron chi connectivity index (χ2n) is 14.8. The minimum absolute atomic E-state index is 0.0912. The normalized spacial score (nSPS) is 45.6. The van der Waals surface area contributed by atoms with E-state index in [1.165, 1.54) is 62.9 Å². The Morgan fingerprint density at radius 2 is 1.62 bits per heavy atom. The van der Waals surface area contributed by atoms with Crippen molar-refractivity contribution < 1.29 is 19.5 Å². The third-order valence-electron chi connectivity index (χ3n) is 12.8. The summed E-state index contributed by atoms with van der Waals surface area (Å²) in [4.78, 5) is 30.2. The highest BCUT2D eigenvalue weighted by molar-refractivity contribution is 5.88. The fraction of sp³-hybridized carbons (Fsp3) is 0.938. The van der Waals surface area contributed by atoms with Crippen molar-refractivity contribution in [3.63, 3.8) is 0 Å². The van der Waals surface area contributed by atoms with E-state index in [1.807, 2.05) is 0 Å². The van der Waals surface area contributed by atoms with Crippen LogP contribution in [0.25, 0.3) is 0 Å². The van der Waals surface area contributed by atoms with E-state index in [9.17, 15) is 14.7 Å². The standard InChI is InChI=1S/C32H53NO4/c1-7-28(34)33-32(37-33,29(35)36)23-15-17-30(5)22(19-23)11-12-24-26-14-13-25(21(4)10-8-9-20(2)3)31(26,6)18-16-27(24)30/h20-27H,7-19H2,1-6H3,(H,35,36)/t21?,22?,23-,24-,25+,26-,27-,30-,31+,32?,33?/m0/s1. The van der Waals surface area contributed by atoms with E-state index in [4.69, 9.17) is 4.84 Å². The molecular weight excluding hydrogens is 462 g/mol. The molecule has 1 heterocycles. The van der Waals surface area contributed by atoms with Crippen LogP contribution in [0.4, 0.5) is 0 Å². The highest BCUT2D eigenvalue weighted by atomic mass is 16.9. The molecule has 1 N–H and O–H groups in total. The Labute approximate surface area is 225 Å². The number of carboxylic acids is 1. The monoisotopic (exact) mass is 515 g/mol. The molecule has 3 unspecified atom stereocenters. The Balaban J connectivity index is 1.27. The molecule has 5 aliphatic rings. The van der Waals surface area contributed by atoms with E-state index < -0.39 is 11.7 Å². The first-order valence-corrected chi connectivity index (χ1v) is 15.7. The number of hydroxylamine groups is 2. The number of hydrogen-bond donors (Lipinski definition) is 1. The molecule has 0 aromatic heterocycles. The van der Waals surface area contributed by atoms with Crippen molar-refractivity contribution in [1.29, 1.82) is 0 Å². The maximum absolute atomic E-state index is 12.3. The van der Waals surface area contributed by atoms with Crippen molar-refractivity contribution >= 4 is 11.9 Å². The Morgan fingerprint density at radius 3 is 2.30 bits per heavy atom. The third-order valence-corrected chi connectivity index (χ3v) is 12.8. The van der Waals surface area contributed by atoms with Crippen LogP contribution in [0.2, 0.25) is 0 Å². The number of carbonyl (C=O) groups is 2. The number of carbonyl (C=O) groups excluding carboxylic acids is 1. The number of fused-ring (bicyclic) bond motifs is 5. The van der Waals surface area contributed by atoms with Crippen LogP contribution in [0.5, 0.6) is 0 Å². The summed E-state index contributed by atoms with van der Waals surface area (Å²) in [7, 11) is 0. The highest BCUT2D eigenvalue weighted by Crippen LogP contribution is 2.69. The van der Waals surface area contributed by atoms with Gasteiger partial charge in [0.1, 0.15) is 0 Å². The van der Waals surface area contributed by atoms with Gasteiger partial charge in [-0.2, -0.15) is 5.06 Å². The van der Waals surface area contributed by atoms with Crippen LogP contribution in [0, 0.1) is 58.2 Å². The second-order valence-corrected chi connectivity index (χ2v) is 14.8. The van der Waals surface area contributed by atoms with E-state index in [1.54, 1.807) is 6.92 Å². The van der Waals surface area contributed by atoms with Gasteiger partial charge in [0.2, 0.25) is 5.91 Å². The van der Waals surface area contributed by atoms with E-state index in [0.29, 0.717) is 16.7 Å². The molecule has 1 aliphatic heterocycles. The summed E-state index contributed by atoms with van der Waals surface area (Å²) in [6, 6.07) is 0. The predicted molar refractivity (Wildman–Crippen MR) is 145 cm³/mol. The summed E-state index contributed by atoms with van der Waals surface area (Å²) >= 11 is 0. The molecule has 5 heteroatoms. The minimum atomic E-state index is -1.40. The van der Waals surface area contributed by atoms with Crippen LogP contribution in [0.3, 0.4) is 0 Å². The molecule has 5 rings (SSSR count). The average molecular weight is 516 g/mol. The SMILES string of the molecule is CCC(=O)N1OC1(C(=O)O)[C@H]1CC[C@@]2(C)C(CC[C@H]3[C@@H]4CC[C@H](C(C)CCCC(C)C)[C@@]4(C)CC[C@@H]32)C1. The Kier molecular flexibility index (Phi) is 7.29. The molecule has 5 fully saturated rings. The van der Waals surface area contributed by atoms with Crippen LogP contribution in [-0.2, 0) is 14.4 Å². The first-order chi connectivity index (χ1) is 17.5. The number of nitrogens with zero attached hydrogens (tertiary/aromatic N) is 1. The summed E-state index contributed by atoms with van der Waals surface area (Å²) in [5.41, 5.74) is -0.592. The smallest absolute Gasteiger partial charge is 0.362 e. The van der Waals surface area contributed by atoms with Gasteiger partial charge in [-0.15, -0.1) is 0 Å². The Bertz CT molecular complexity index is 888. The molecule has 0 spiro atoms. The molecule has 0 aromatic rings. The van der Waals surface area contributed by atoms with Crippen molar-refractivity contribution in [2.24, 2.45) is 58.2 Å². The van der Waals surface area contributed by atoms with E-state index in [-0.39, 0.29) is 18.2 Å². The fourth-order valence-electron chi connectivity index (χ4n) is 10.7. The van der Waals surface area contributed by atoms with Crippen LogP contribution in [0.1, 0.15) is 125 Å². The van der Waals surface area contributed by atoms with Crippen molar-refractivity contribution in [2.45, 2.75) is 131 Å². The number of hydrogen-bond acceptors (Lipinski definition) is 3. The van der Waals surface area contributed by atoms with E-state index in [0.717, 1.165) is 54.8 Å². The molecular formula is C32H53NO4. The van der Waals surface area contributed by atoms with Crippen LogP contribution < -0.4 is 0 Å². The molecule has 4 saturated carbocycles. The quantitative estimate of drug-likeness (QED) is 0.336. The lowest BCUT2D eigenvalue weighted by Gasteiger charge is -2.61. The first kappa shape index (κ1) is 27.5. The molecule has 37 heavy (non-hydrogen) atoms. The molecule has 1 saturated heterocycles. The topological polar surface area (TPSA) is 69.9 Å². The van der Waals surface area contributed by atoms with Crippen LogP contribution in [-0.4, -0.2) is 27.8 Å². The molecule has 1 amide bonds. The molecule has 0 radical (unpaired) electrons. The summed E-state index contributed by atoms with van der Waals surface area (Å²) in [6.45, 7) is 14.2. The number of aliphatic carboxylic acids is 1.